The third kappa shape index (κ3) is 1.78. The van der Waals surface area contributed by atoms with Crippen molar-refractivity contribution in [1.82, 2.24) is 20.5 Å². The molecule has 2 N–H and O–H groups in total. The number of nitrogens with one attached hydrogen (secondary N) is 2. The van der Waals surface area contributed by atoms with Gasteiger partial charge >= 0.3 is 0 Å². The average molecular weight is 196 g/mol. The lowest BCUT2D eigenvalue weighted by Gasteiger charge is -2.14. The van der Waals surface area contributed by atoms with Gasteiger partial charge in [0.05, 0.1) is 12.0 Å². The van der Waals surface area contributed by atoms with Gasteiger partial charge in [-0.05, 0) is 20.4 Å². The van der Waals surface area contributed by atoms with Crippen molar-refractivity contribution in [2.45, 2.75) is 25.4 Å². The molecule has 2 atom stereocenters. The van der Waals surface area contributed by atoms with Crippen LogP contribution in [-0.4, -0.2) is 41.5 Å². The first-order valence-corrected chi connectivity index (χ1v) is 4.96. The van der Waals surface area contributed by atoms with Crippen LogP contribution >= 0.6 is 0 Å². The van der Waals surface area contributed by atoms with Gasteiger partial charge in [0.1, 0.15) is 5.82 Å². The van der Waals surface area contributed by atoms with Crippen LogP contribution in [0.1, 0.15) is 24.0 Å². The van der Waals surface area contributed by atoms with E-state index in [1.165, 1.54) is 0 Å². The number of ether oxygens (including phenoxy) is 1. The Hall–Kier alpha value is -0.940. The second-order valence-electron chi connectivity index (χ2n) is 3.64. The van der Waals surface area contributed by atoms with Crippen molar-refractivity contribution < 1.29 is 4.74 Å². The van der Waals surface area contributed by atoms with Gasteiger partial charge in [0.25, 0.3) is 0 Å². The summed E-state index contributed by atoms with van der Waals surface area (Å²) in [5.41, 5.74) is 0. The number of hydrogen-bond donors (Lipinski definition) is 2. The molecule has 78 valence electrons. The maximum absolute atomic E-state index is 5.61. The van der Waals surface area contributed by atoms with E-state index in [0.29, 0.717) is 5.92 Å². The molecule has 0 bridgehead atoms. The summed E-state index contributed by atoms with van der Waals surface area (Å²) in [6.45, 7) is 3.59. The van der Waals surface area contributed by atoms with Gasteiger partial charge in [-0.2, -0.15) is 5.10 Å². The Labute approximate surface area is 83.3 Å². The van der Waals surface area contributed by atoms with Crippen LogP contribution in [0.4, 0.5) is 0 Å². The highest BCUT2D eigenvalue weighted by atomic mass is 16.5. The highest BCUT2D eigenvalue weighted by Gasteiger charge is 2.31. The molecule has 14 heavy (non-hydrogen) atoms. The van der Waals surface area contributed by atoms with E-state index >= 15 is 0 Å². The molecule has 1 aromatic rings. The van der Waals surface area contributed by atoms with Crippen LogP contribution in [0.25, 0.3) is 0 Å². The van der Waals surface area contributed by atoms with Gasteiger partial charge < -0.3 is 10.1 Å². The molecule has 0 saturated carbocycles. The molecule has 2 unspecified atom stereocenters. The number of likely N-dealkylation sites (N-methyl/N-ethyl adjacent to an activating group) is 1. The predicted molar refractivity (Wildman–Crippen MR) is 52.1 cm³/mol. The molecule has 1 aromatic heterocycles. The van der Waals surface area contributed by atoms with Gasteiger partial charge in [-0.25, -0.2) is 4.98 Å². The second kappa shape index (κ2) is 4.06. The Kier molecular flexibility index (Phi) is 2.79. The fraction of sp³-hybridized carbons (Fsp3) is 0.778. The fourth-order valence-electron chi connectivity index (χ4n) is 1.87. The summed E-state index contributed by atoms with van der Waals surface area (Å²) in [6, 6.07) is 0. The third-order valence-corrected chi connectivity index (χ3v) is 2.56. The van der Waals surface area contributed by atoms with Crippen LogP contribution in [0.5, 0.6) is 0 Å². The minimum absolute atomic E-state index is 0.218. The van der Waals surface area contributed by atoms with Gasteiger partial charge in [-0.15, -0.1) is 0 Å². The Morgan fingerprint density at radius 2 is 2.50 bits per heavy atom. The summed E-state index contributed by atoms with van der Waals surface area (Å²) < 4.78 is 5.61. The van der Waals surface area contributed by atoms with Gasteiger partial charge in [-0.3, -0.25) is 5.10 Å². The van der Waals surface area contributed by atoms with Crippen LogP contribution in [-0.2, 0) is 4.74 Å². The number of rotatable bonds is 3. The van der Waals surface area contributed by atoms with Crippen LogP contribution in [0.15, 0.2) is 0 Å². The van der Waals surface area contributed by atoms with Crippen LogP contribution in [0.2, 0.25) is 0 Å². The van der Waals surface area contributed by atoms with Crippen molar-refractivity contribution in [3.8, 4) is 0 Å². The van der Waals surface area contributed by atoms with Crippen molar-refractivity contribution >= 4 is 0 Å². The Bertz CT molecular complexity index is 299. The quantitative estimate of drug-likeness (QED) is 0.725. The SMILES string of the molecule is CNCC1OCCC1c1n[nH]c(C)n1. The van der Waals surface area contributed by atoms with E-state index in [1.54, 1.807) is 0 Å². The Balaban J connectivity index is 2.09. The van der Waals surface area contributed by atoms with Gasteiger partial charge in [0.15, 0.2) is 5.82 Å². The lowest BCUT2D eigenvalue weighted by atomic mass is 10.0. The number of H-pyrrole nitrogens is 1. The van der Waals surface area contributed by atoms with Gasteiger partial charge in [0.2, 0.25) is 0 Å². The summed E-state index contributed by atoms with van der Waals surface area (Å²) in [5.74, 6) is 2.10. The lowest BCUT2D eigenvalue weighted by Crippen LogP contribution is -2.28. The van der Waals surface area contributed by atoms with E-state index in [2.05, 4.69) is 20.5 Å². The van der Waals surface area contributed by atoms with Crippen molar-refractivity contribution in [2.75, 3.05) is 20.2 Å². The molecule has 1 aliphatic heterocycles. The monoisotopic (exact) mass is 196 g/mol. The number of aromatic nitrogens is 3. The first kappa shape index (κ1) is 9.61. The zero-order valence-electron chi connectivity index (χ0n) is 8.58. The van der Waals surface area contributed by atoms with Crippen molar-refractivity contribution in [3.05, 3.63) is 11.6 Å². The number of aromatic amines is 1. The molecule has 0 aromatic carbocycles. The van der Waals surface area contributed by atoms with Gasteiger partial charge in [-0.1, -0.05) is 0 Å². The van der Waals surface area contributed by atoms with E-state index in [-0.39, 0.29) is 6.10 Å². The maximum atomic E-state index is 5.61. The maximum Gasteiger partial charge on any atom is 0.156 e. The highest BCUT2D eigenvalue weighted by Crippen LogP contribution is 2.28. The predicted octanol–water partition coefficient (Wildman–Crippen LogP) is 0.205. The van der Waals surface area contributed by atoms with Crippen LogP contribution < -0.4 is 5.32 Å². The van der Waals surface area contributed by atoms with E-state index in [0.717, 1.165) is 31.2 Å². The largest absolute Gasteiger partial charge is 0.376 e. The normalized spacial score (nSPS) is 27.0. The first-order valence-electron chi connectivity index (χ1n) is 4.96. The molecule has 0 amide bonds. The molecule has 0 radical (unpaired) electrons. The second-order valence-corrected chi connectivity index (χ2v) is 3.64. The summed E-state index contributed by atoms with van der Waals surface area (Å²) in [7, 11) is 1.93. The summed E-state index contributed by atoms with van der Waals surface area (Å²) >= 11 is 0. The van der Waals surface area contributed by atoms with Crippen LogP contribution in [0, 0.1) is 6.92 Å². The molecule has 5 heteroatoms. The zero-order chi connectivity index (χ0) is 9.97. The number of aryl methyl sites for hydroxylation is 1. The first-order chi connectivity index (χ1) is 6.81. The smallest absolute Gasteiger partial charge is 0.156 e. The van der Waals surface area contributed by atoms with Gasteiger partial charge in [0, 0.05) is 13.2 Å². The molecule has 1 fully saturated rings. The molecule has 2 heterocycles. The summed E-state index contributed by atoms with van der Waals surface area (Å²) in [4.78, 5) is 4.35. The molecule has 0 spiro atoms. The molecule has 1 aliphatic rings. The molecular formula is C9H16N4O. The highest BCUT2D eigenvalue weighted by molar-refractivity contribution is 5.03. The zero-order valence-corrected chi connectivity index (χ0v) is 8.58. The Morgan fingerprint density at radius 3 is 3.14 bits per heavy atom. The average Bonchev–Trinajstić information content (AvgIpc) is 2.74. The molecule has 1 saturated heterocycles. The molecule has 0 aliphatic carbocycles. The summed E-state index contributed by atoms with van der Waals surface area (Å²) in [5, 5.41) is 10.2. The minimum atomic E-state index is 0.218. The molecular weight excluding hydrogens is 180 g/mol. The van der Waals surface area contributed by atoms with Crippen molar-refractivity contribution in [3.63, 3.8) is 0 Å². The van der Waals surface area contributed by atoms with E-state index in [1.807, 2.05) is 14.0 Å². The number of hydrogen-bond acceptors (Lipinski definition) is 4. The molecule has 2 rings (SSSR count). The third-order valence-electron chi connectivity index (χ3n) is 2.56. The summed E-state index contributed by atoms with van der Waals surface area (Å²) in [6.07, 6.45) is 1.24. The molecule has 5 nitrogen and oxygen atoms in total. The topological polar surface area (TPSA) is 62.8 Å². The number of nitrogens with zero attached hydrogens (tertiary/aromatic N) is 2. The lowest BCUT2D eigenvalue weighted by molar-refractivity contribution is 0.103. The fourth-order valence-corrected chi connectivity index (χ4v) is 1.87. The van der Waals surface area contributed by atoms with Crippen LogP contribution in [0.3, 0.4) is 0 Å². The van der Waals surface area contributed by atoms with Crippen molar-refractivity contribution in [2.24, 2.45) is 0 Å². The van der Waals surface area contributed by atoms with E-state index in [4.69, 9.17) is 4.74 Å². The van der Waals surface area contributed by atoms with E-state index in [9.17, 15) is 0 Å². The van der Waals surface area contributed by atoms with Crippen molar-refractivity contribution in [1.29, 1.82) is 0 Å². The standard InChI is InChI=1S/C9H16N4O/c1-6-11-9(13-12-6)7-3-4-14-8(7)5-10-2/h7-8,10H,3-5H2,1-2H3,(H,11,12,13). The Morgan fingerprint density at radius 1 is 1.64 bits per heavy atom. The minimum Gasteiger partial charge on any atom is -0.376 e. The van der Waals surface area contributed by atoms with E-state index < -0.39 is 0 Å².